The minimum absolute atomic E-state index is 0.0162. The van der Waals surface area contributed by atoms with Gasteiger partial charge in [0.05, 0.1) is 12.0 Å². The maximum atomic E-state index is 13.7. The number of nitrogens with zero attached hydrogens (tertiary/aromatic N) is 2. The zero-order chi connectivity index (χ0) is 24.5. The molecule has 0 spiro atoms. The highest BCUT2D eigenvalue weighted by Crippen LogP contribution is 2.26. The first-order valence-electron chi connectivity index (χ1n) is 12.0. The molecule has 2 heterocycles. The number of esters is 1. The number of likely N-dealkylation sites (tertiary alicyclic amines) is 1. The lowest BCUT2D eigenvalue weighted by Gasteiger charge is -2.35. The average molecular weight is 491 g/mol. The van der Waals surface area contributed by atoms with Gasteiger partial charge >= 0.3 is 5.97 Å². The fourth-order valence-corrected chi connectivity index (χ4v) is 5.14. The quantitative estimate of drug-likeness (QED) is 0.612. The smallest absolute Gasteiger partial charge is 0.329 e. The van der Waals surface area contributed by atoms with Crippen LogP contribution in [0.15, 0.2) is 30.3 Å². The summed E-state index contributed by atoms with van der Waals surface area (Å²) < 4.78 is 5.46. The summed E-state index contributed by atoms with van der Waals surface area (Å²) >= 11 is 1.00. The number of β-amino-alcohol motifs (C(OH)–C–C–N with tert-alkyl or cyclic N) is 1. The second-order valence-corrected chi connectivity index (χ2v) is 10.1. The van der Waals surface area contributed by atoms with Crippen LogP contribution in [0.4, 0.5) is 0 Å². The number of hydrogen-bond acceptors (Lipinski definition) is 7. The molecule has 2 aliphatic rings. The van der Waals surface area contributed by atoms with Gasteiger partial charge < -0.3 is 19.6 Å². The van der Waals surface area contributed by atoms with Crippen LogP contribution in [0.3, 0.4) is 0 Å². The summed E-state index contributed by atoms with van der Waals surface area (Å²) in [5.41, 5.74) is 0.831. The normalized spacial score (nSPS) is 24.1. The van der Waals surface area contributed by atoms with E-state index in [9.17, 15) is 24.3 Å². The van der Waals surface area contributed by atoms with Crippen molar-refractivity contribution in [2.24, 2.45) is 0 Å². The number of thioether (sulfide) groups is 1. The number of carbonyl (C=O) groups excluding carboxylic acids is 4. The lowest BCUT2D eigenvalue weighted by molar-refractivity contribution is -0.157. The lowest BCUT2D eigenvalue weighted by atomic mass is 10.0. The first-order chi connectivity index (χ1) is 16.4. The molecular formula is C25H34N2O6S. The zero-order valence-electron chi connectivity index (χ0n) is 19.7. The molecule has 3 rings (SSSR count). The molecule has 2 amide bonds. The summed E-state index contributed by atoms with van der Waals surface area (Å²) in [4.78, 5) is 54.1. The fraction of sp³-hybridized carbons (Fsp3) is 0.600. The van der Waals surface area contributed by atoms with Crippen LogP contribution in [0.1, 0.15) is 63.9 Å². The second kappa shape index (κ2) is 12.9. The van der Waals surface area contributed by atoms with Crippen molar-refractivity contribution in [2.75, 3.05) is 12.4 Å². The number of benzene rings is 1. The number of amides is 2. The molecule has 1 N–H and O–H groups in total. The highest BCUT2D eigenvalue weighted by molar-refractivity contribution is 8.13. The summed E-state index contributed by atoms with van der Waals surface area (Å²) in [5, 5.41) is 10.2. The molecule has 0 radical (unpaired) electrons. The van der Waals surface area contributed by atoms with E-state index in [4.69, 9.17) is 4.74 Å². The van der Waals surface area contributed by atoms with Gasteiger partial charge in [-0.25, -0.2) is 4.79 Å². The monoisotopic (exact) mass is 490 g/mol. The van der Waals surface area contributed by atoms with Crippen LogP contribution in [0.5, 0.6) is 0 Å². The van der Waals surface area contributed by atoms with Crippen molar-refractivity contribution in [3.63, 3.8) is 0 Å². The van der Waals surface area contributed by atoms with E-state index in [2.05, 4.69) is 0 Å². The van der Waals surface area contributed by atoms with E-state index in [0.717, 1.165) is 49.4 Å². The zero-order valence-corrected chi connectivity index (χ0v) is 20.5. The van der Waals surface area contributed by atoms with Crippen molar-refractivity contribution in [3.8, 4) is 0 Å². The van der Waals surface area contributed by atoms with Crippen molar-refractivity contribution in [3.05, 3.63) is 35.9 Å². The summed E-state index contributed by atoms with van der Waals surface area (Å²) in [6.07, 6.45) is 4.49. The summed E-state index contributed by atoms with van der Waals surface area (Å²) in [6, 6.07) is 7.58. The van der Waals surface area contributed by atoms with Gasteiger partial charge in [-0.1, -0.05) is 67.8 Å². The van der Waals surface area contributed by atoms with E-state index < -0.39 is 24.2 Å². The van der Waals surface area contributed by atoms with Gasteiger partial charge in [0, 0.05) is 26.3 Å². The van der Waals surface area contributed by atoms with Crippen LogP contribution >= 0.6 is 11.8 Å². The third kappa shape index (κ3) is 7.30. The van der Waals surface area contributed by atoms with Crippen LogP contribution in [-0.4, -0.2) is 68.4 Å². The minimum Gasteiger partial charge on any atom is -0.459 e. The van der Waals surface area contributed by atoms with Crippen LogP contribution in [0.2, 0.25) is 0 Å². The molecule has 1 aromatic rings. The van der Waals surface area contributed by atoms with Crippen molar-refractivity contribution in [1.82, 2.24) is 9.80 Å². The number of carbonyl (C=O) groups is 4. The Kier molecular flexibility index (Phi) is 9.95. The average Bonchev–Trinajstić information content (AvgIpc) is 3.22. The van der Waals surface area contributed by atoms with Gasteiger partial charge in [-0.15, -0.1) is 0 Å². The van der Waals surface area contributed by atoms with Gasteiger partial charge in [-0.05, 0) is 18.4 Å². The molecule has 0 saturated carbocycles. The largest absolute Gasteiger partial charge is 0.459 e. The van der Waals surface area contributed by atoms with E-state index in [1.807, 2.05) is 30.3 Å². The first-order valence-corrected chi connectivity index (χ1v) is 13.0. The summed E-state index contributed by atoms with van der Waals surface area (Å²) in [6.45, 7) is 1.53. The molecule has 34 heavy (non-hydrogen) atoms. The molecule has 2 saturated heterocycles. The minimum atomic E-state index is -0.904. The van der Waals surface area contributed by atoms with Gasteiger partial charge in [0.25, 0.3) is 0 Å². The summed E-state index contributed by atoms with van der Waals surface area (Å²) in [7, 11) is 0. The molecule has 2 aliphatic heterocycles. The maximum Gasteiger partial charge on any atom is 0.329 e. The first kappa shape index (κ1) is 26.2. The van der Waals surface area contributed by atoms with E-state index in [0.29, 0.717) is 12.8 Å². The van der Waals surface area contributed by atoms with Crippen LogP contribution in [0.25, 0.3) is 0 Å². The molecule has 0 bridgehead atoms. The molecule has 3 unspecified atom stereocenters. The Morgan fingerprint density at radius 3 is 2.50 bits per heavy atom. The predicted molar refractivity (Wildman–Crippen MR) is 128 cm³/mol. The molecule has 8 nitrogen and oxygen atoms in total. The molecule has 0 aromatic heterocycles. The molecular weight excluding hydrogens is 456 g/mol. The fourth-order valence-electron chi connectivity index (χ4n) is 4.49. The molecule has 1 aromatic carbocycles. The number of aliphatic hydroxyl groups is 1. The van der Waals surface area contributed by atoms with Crippen LogP contribution in [0, 0.1) is 0 Å². The predicted octanol–water partition coefficient (Wildman–Crippen LogP) is 2.87. The van der Waals surface area contributed by atoms with Gasteiger partial charge in [0.2, 0.25) is 11.8 Å². The SMILES string of the molecule is CC(=O)SCN1C(=O)CCCCCCCC1C(=O)N1CC(O)CC1C(=O)OCc1ccccc1. The maximum absolute atomic E-state index is 13.7. The standard InChI is InChI=1S/C25H34N2O6S/c1-18(28)34-17-27-21(12-8-3-2-4-9-13-23(27)30)24(31)26-15-20(29)14-22(26)25(32)33-16-19-10-6-5-7-11-19/h5-7,10-11,20-22,29H,2-4,8-9,12-17H2,1H3. The highest BCUT2D eigenvalue weighted by Gasteiger charge is 2.44. The number of ether oxygens (including phenoxy) is 1. The second-order valence-electron chi connectivity index (χ2n) is 8.94. The Balaban J connectivity index is 1.76. The van der Waals surface area contributed by atoms with Crippen molar-refractivity contribution >= 4 is 34.7 Å². The van der Waals surface area contributed by atoms with Gasteiger partial charge in [0.1, 0.15) is 18.7 Å². The topological polar surface area (TPSA) is 104 Å². The van der Waals surface area contributed by atoms with Crippen molar-refractivity contribution in [2.45, 2.75) is 83.1 Å². The van der Waals surface area contributed by atoms with E-state index in [1.54, 1.807) is 0 Å². The Morgan fingerprint density at radius 2 is 1.76 bits per heavy atom. The Bertz CT molecular complexity index is 864. The highest BCUT2D eigenvalue weighted by atomic mass is 32.2. The van der Waals surface area contributed by atoms with Crippen molar-refractivity contribution < 1.29 is 29.0 Å². The van der Waals surface area contributed by atoms with Crippen molar-refractivity contribution in [1.29, 1.82) is 0 Å². The molecule has 3 atom stereocenters. The summed E-state index contributed by atoms with van der Waals surface area (Å²) in [5.74, 6) is -0.984. The molecule has 186 valence electrons. The lowest BCUT2D eigenvalue weighted by Crippen LogP contribution is -2.53. The van der Waals surface area contributed by atoms with E-state index >= 15 is 0 Å². The number of aliphatic hydroxyl groups excluding tert-OH is 1. The molecule has 9 heteroatoms. The number of hydrogen-bond donors (Lipinski definition) is 1. The van der Waals surface area contributed by atoms with E-state index in [-0.39, 0.29) is 42.4 Å². The third-order valence-electron chi connectivity index (χ3n) is 6.31. The van der Waals surface area contributed by atoms with Gasteiger partial charge in [-0.2, -0.15) is 0 Å². The molecule has 0 aliphatic carbocycles. The van der Waals surface area contributed by atoms with Gasteiger partial charge in [0.15, 0.2) is 5.12 Å². The molecule has 2 fully saturated rings. The third-order valence-corrected chi connectivity index (χ3v) is 7.13. The Hall–Kier alpha value is -2.39. The van der Waals surface area contributed by atoms with Crippen LogP contribution in [-0.2, 0) is 30.5 Å². The van der Waals surface area contributed by atoms with E-state index in [1.165, 1.54) is 16.7 Å². The Labute approximate surface area is 205 Å². The Morgan fingerprint density at radius 1 is 1.06 bits per heavy atom. The number of rotatable bonds is 6. The van der Waals surface area contributed by atoms with Gasteiger partial charge in [-0.3, -0.25) is 14.4 Å². The van der Waals surface area contributed by atoms with Crippen LogP contribution < -0.4 is 0 Å².